The molecule has 1 aromatic heterocycles. The van der Waals surface area contributed by atoms with Gasteiger partial charge in [0.15, 0.2) is 0 Å². The summed E-state index contributed by atoms with van der Waals surface area (Å²) in [5.74, 6) is 1.04. The van der Waals surface area contributed by atoms with Gasteiger partial charge in [-0.3, -0.25) is 4.72 Å². The standard InChI is InChI=1S/C22H23N3O5S/c1-25-18-8-6-15(12-17(18)16-7-5-13(23)9-19(16)25)31(26,27)24-22-20(29-3)10-14(28-2)11-21(22)30-4/h5-12,24H,23H2,1-4H3. The summed E-state index contributed by atoms with van der Waals surface area (Å²) < 4.78 is 47.0. The Labute approximate surface area is 180 Å². The summed E-state index contributed by atoms with van der Waals surface area (Å²) >= 11 is 0. The van der Waals surface area contributed by atoms with E-state index in [0.29, 0.717) is 11.4 Å². The number of aryl methyl sites for hydroxylation is 1. The van der Waals surface area contributed by atoms with Crippen molar-refractivity contribution in [2.45, 2.75) is 4.90 Å². The SMILES string of the molecule is COc1cc(OC)c(NS(=O)(=O)c2ccc3c(c2)c2ccc(N)cc2n3C)c(OC)c1. The maximum Gasteiger partial charge on any atom is 0.262 e. The number of nitrogens with two attached hydrogens (primary N) is 1. The van der Waals surface area contributed by atoms with Crippen molar-refractivity contribution in [3.05, 3.63) is 48.5 Å². The first-order chi connectivity index (χ1) is 14.8. The number of rotatable bonds is 6. The van der Waals surface area contributed by atoms with Gasteiger partial charge in [0.1, 0.15) is 22.9 Å². The van der Waals surface area contributed by atoms with Gasteiger partial charge in [-0.1, -0.05) is 6.07 Å². The van der Waals surface area contributed by atoms with E-state index in [1.807, 2.05) is 23.7 Å². The lowest BCUT2D eigenvalue weighted by molar-refractivity contribution is 0.378. The highest BCUT2D eigenvalue weighted by Gasteiger charge is 2.22. The Hall–Kier alpha value is -3.59. The minimum Gasteiger partial charge on any atom is -0.496 e. The number of methoxy groups -OCH3 is 3. The van der Waals surface area contributed by atoms with Crippen molar-refractivity contribution >= 4 is 43.2 Å². The Morgan fingerprint density at radius 1 is 0.839 bits per heavy atom. The van der Waals surface area contributed by atoms with Crippen LogP contribution in [-0.4, -0.2) is 34.3 Å². The number of benzene rings is 3. The van der Waals surface area contributed by atoms with Crippen LogP contribution < -0.4 is 24.7 Å². The topological polar surface area (TPSA) is 105 Å². The lowest BCUT2D eigenvalue weighted by Crippen LogP contribution is -2.14. The van der Waals surface area contributed by atoms with Crippen LogP contribution in [0.3, 0.4) is 0 Å². The second-order valence-electron chi connectivity index (χ2n) is 7.03. The van der Waals surface area contributed by atoms with E-state index in [1.165, 1.54) is 21.3 Å². The number of hydrogen-bond acceptors (Lipinski definition) is 6. The van der Waals surface area contributed by atoms with Gasteiger partial charge in [-0.15, -0.1) is 0 Å². The van der Waals surface area contributed by atoms with Crippen LogP contribution in [0.2, 0.25) is 0 Å². The molecule has 0 aliphatic carbocycles. The van der Waals surface area contributed by atoms with Gasteiger partial charge >= 0.3 is 0 Å². The fourth-order valence-corrected chi connectivity index (χ4v) is 4.78. The third kappa shape index (κ3) is 3.46. The first kappa shape index (κ1) is 20.7. The van der Waals surface area contributed by atoms with Gasteiger partial charge in [0.05, 0.1) is 31.7 Å². The Balaban J connectivity index is 1.84. The third-order valence-corrected chi connectivity index (χ3v) is 6.61. The van der Waals surface area contributed by atoms with Crippen LogP contribution in [0.15, 0.2) is 53.4 Å². The number of sulfonamides is 1. The fraction of sp³-hybridized carbons (Fsp3) is 0.182. The number of fused-ring (bicyclic) bond motifs is 3. The van der Waals surface area contributed by atoms with Gasteiger partial charge in [0.2, 0.25) is 0 Å². The van der Waals surface area contributed by atoms with E-state index in [4.69, 9.17) is 19.9 Å². The number of aromatic nitrogens is 1. The summed E-state index contributed by atoms with van der Waals surface area (Å²) in [6.45, 7) is 0. The molecule has 3 aromatic carbocycles. The van der Waals surface area contributed by atoms with Crippen LogP contribution in [-0.2, 0) is 17.1 Å². The normalized spacial score (nSPS) is 11.6. The molecular formula is C22H23N3O5S. The number of nitrogen functional groups attached to an aromatic ring is 1. The molecular weight excluding hydrogens is 418 g/mol. The van der Waals surface area contributed by atoms with Crippen LogP contribution in [0.1, 0.15) is 0 Å². The Morgan fingerprint density at radius 2 is 1.52 bits per heavy atom. The molecule has 8 nitrogen and oxygen atoms in total. The molecule has 31 heavy (non-hydrogen) atoms. The van der Waals surface area contributed by atoms with Crippen molar-refractivity contribution in [3.63, 3.8) is 0 Å². The zero-order valence-electron chi connectivity index (χ0n) is 17.6. The van der Waals surface area contributed by atoms with Gasteiger partial charge in [0.25, 0.3) is 10.0 Å². The summed E-state index contributed by atoms with van der Waals surface area (Å²) in [5, 5.41) is 1.73. The summed E-state index contributed by atoms with van der Waals surface area (Å²) in [6, 6.07) is 13.7. The Morgan fingerprint density at radius 3 is 2.13 bits per heavy atom. The molecule has 0 fully saturated rings. The molecule has 0 unspecified atom stereocenters. The second-order valence-corrected chi connectivity index (χ2v) is 8.71. The molecule has 0 amide bonds. The number of nitrogens with one attached hydrogen (secondary N) is 1. The molecule has 1 heterocycles. The fourth-order valence-electron chi connectivity index (χ4n) is 3.67. The lowest BCUT2D eigenvalue weighted by atomic mass is 10.1. The Kier molecular flexibility index (Phi) is 5.06. The van der Waals surface area contributed by atoms with Crippen molar-refractivity contribution < 1.29 is 22.6 Å². The van der Waals surface area contributed by atoms with Crippen LogP contribution >= 0.6 is 0 Å². The molecule has 0 spiro atoms. The number of nitrogens with zero attached hydrogens (tertiary/aromatic N) is 1. The van der Waals surface area contributed by atoms with E-state index in [-0.39, 0.29) is 22.1 Å². The van der Waals surface area contributed by atoms with Crippen LogP contribution in [0, 0.1) is 0 Å². The van der Waals surface area contributed by atoms with E-state index in [1.54, 1.807) is 36.4 Å². The zero-order chi connectivity index (χ0) is 22.3. The number of hydrogen-bond donors (Lipinski definition) is 2. The van der Waals surface area contributed by atoms with E-state index >= 15 is 0 Å². The summed E-state index contributed by atoms with van der Waals surface area (Å²) in [7, 11) is 2.37. The highest BCUT2D eigenvalue weighted by molar-refractivity contribution is 7.92. The molecule has 0 aliphatic heterocycles. The predicted molar refractivity (Wildman–Crippen MR) is 122 cm³/mol. The van der Waals surface area contributed by atoms with Crippen molar-refractivity contribution in [1.29, 1.82) is 0 Å². The molecule has 4 aromatic rings. The monoisotopic (exact) mass is 441 g/mol. The van der Waals surface area contributed by atoms with E-state index in [9.17, 15) is 8.42 Å². The van der Waals surface area contributed by atoms with E-state index < -0.39 is 10.0 Å². The highest BCUT2D eigenvalue weighted by Crippen LogP contribution is 2.40. The summed E-state index contributed by atoms with van der Waals surface area (Å²) in [6.07, 6.45) is 0. The summed E-state index contributed by atoms with van der Waals surface area (Å²) in [4.78, 5) is 0.115. The van der Waals surface area contributed by atoms with Gasteiger partial charge in [-0.2, -0.15) is 0 Å². The molecule has 3 N–H and O–H groups in total. The van der Waals surface area contributed by atoms with Crippen LogP contribution in [0.4, 0.5) is 11.4 Å². The molecule has 0 bridgehead atoms. The van der Waals surface area contributed by atoms with Gasteiger partial charge in [-0.05, 0) is 30.3 Å². The first-order valence-electron chi connectivity index (χ1n) is 9.39. The maximum atomic E-state index is 13.3. The number of ether oxygens (including phenoxy) is 3. The molecule has 0 saturated carbocycles. The van der Waals surface area contributed by atoms with Crippen LogP contribution in [0.25, 0.3) is 21.8 Å². The number of anilines is 2. The minimum atomic E-state index is -3.94. The molecule has 0 aliphatic rings. The zero-order valence-corrected chi connectivity index (χ0v) is 18.4. The quantitative estimate of drug-likeness (QED) is 0.442. The molecule has 162 valence electrons. The van der Waals surface area contributed by atoms with Gasteiger partial charge < -0.3 is 24.5 Å². The molecule has 0 atom stereocenters. The predicted octanol–water partition coefficient (Wildman–Crippen LogP) is 3.74. The first-order valence-corrected chi connectivity index (χ1v) is 10.9. The summed E-state index contributed by atoms with van der Waals surface area (Å²) in [5.41, 5.74) is 8.59. The molecule has 9 heteroatoms. The highest BCUT2D eigenvalue weighted by atomic mass is 32.2. The van der Waals surface area contributed by atoms with Gasteiger partial charge in [-0.25, -0.2) is 8.42 Å². The average molecular weight is 442 g/mol. The molecule has 0 saturated heterocycles. The van der Waals surface area contributed by atoms with Crippen molar-refractivity contribution in [3.8, 4) is 17.2 Å². The molecule has 0 radical (unpaired) electrons. The smallest absolute Gasteiger partial charge is 0.262 e. The van der Waals surface area contributed by atoms with E-state index in [0.717, 1.165) is 21.8 Å². The van der Waals surface area contributed by atoms with Crippen molar-refractivity contribution in [2.75, 3.05) is 31.8 Å². The Bertz CT molecular complexity index is 1380. The van der Waals surface area contributed by atoms with E-state index in [2.05, 4.69) is 4.72 Å². The maximum absolute atomic E-state index is 13.3. The van der Waals surface area contributed by atoms with Gasteiger partial charge in [0, 0.05) is 41.2 Å². The third-order valence-electron chi connectivity index (χ3n) is 5.26. The molecule has 4 rings (SSSR count). The van der Waals surface area contributed by atoms with Crippen LogP contribution in [0.5, 0.6) is 17.2 Å². The average Bonchev–Trinajstić information content (AvgIpc) is 3.04. The lowest BCUT2D eigenvalue weighted by Gasteiger charge is -2.16. The second kappa shape index (κ2) is 7.59. The van der Waals surface area contributed by atoms with Crippen molar-refractivity contribution in [1.82, 2.24) is 4.57 Å². The minimum absolute atomic E-state index is 0.115. The van der Waals surface area contributed by atoms with Crippen molar-refractivity contribution in [2.24, 2.45) is 7.05 Å². The largest absolute Gasteiger partial charge is 0.496 e.